The average molecular weight is 300 g/mol. The van der Waals surface area contributed by atoms with Crippen LogP contribution < -0.4 is 10.6 Å². The Labute approximate surface area is 129 Å². The second-order valence-electron chi connectivity index (χ2n) is 5.84. The Morgan fingerprint density at radius 1 is 1.45 bits per heavy atom. The second-order valence-corrected chi connectivity index (χ2v) is 5.84. The molecule has 2 aromatic rings. The molecule has 0 spiro atoms. The quantitative estimate of drug-likeness (QED) is 0.655. The summed E-state index contributed by atoms with van der Waals surface area (Å²) in [5.74, 6) is 0.719. The Morgan fingerprint density at radius 3 is 3.05 bits per heavy atom. The number of hydrogen-bond acceptors (Lipinski definition) is 5. The normalized spacial score (nSPS) is 17.8. The standard InChI is InChI=1S/C16H20N4O2/c1-11-8-16(18-7-5-12-4-6-17-10-12)14-9-13(20(21)22)2-3-15(14)19-11/h2-3,8-9,12,17H,4-7,10H2,1H3,(H,18,19). The topological polar surface area (TPSA) is 80.1 Å². The second kappa shape index (κ2) is 6.27. The van der Waals surface area contributed by atoms with Crippen LogP contribution in [0.4, 0.5) is 11.4 Å². The molecular formula is C16H20N4O2. The molecule has 1 aliphatic rings. The first-order valence-electron chi connectivity index (χ1n) is 7.64. The molecule has 1 aliphatic heterocycles. The smallest absolute Gasteiger partial charge is 0.270 e. The molecular weight excluding hydrogens is 280 g/mol. The molecule has 2 heterocycles. The molecule has 0 bridgehead atoms. The van der Waals surface area contributed by atoms with Crippen LogP contribution in [0.2, 0.25) is 0 Å². The van der Waals surface area contributed by atoms with E-state index in [1.807, 2.05) is 13.0 Å². The summed E-state index contributed by atoms with van der Waals surface area (Å²) in [7, 11) is 0. The summed E-state index contributed by atoms with van der Waals surface area (Å²) in [6, 6.07) is 6.77. The average Bonchev–Trinajstić information content (AvgIpc) is 2.99. The summed E-state index contributed by atoms with van der Waals surface area (Å²) in [5, 5.41) is 18.6. The Bertz CT molecular complexity index is 696. The van der Waals surface area contributed by atoms with Crippen molar-refractivity contribution in [2.75, 3.05) is 25.0 Å². The number of rotatable bonds is 5. The number of anilines is 1. The van der Waals surface area contributed by atoms with E-state index in [-0.39, 0.29) is 10.6 Å². The zero-order valence-corrected chi connectivity index (χ0v) is 12.6. The number of fused-ring (bicyclic) bond motifs is 1. The zero-order chi connectivity index (χ0) is 15.5. The Hall–Kier alpha value is -2.21. The minimum absolute atomic E-state index is 0.0983. The van der Waals surface area contributed by atoms with E-state index in [1.54, 1.807) is 12.1 Å². The fourth-order valence-electron chi connectivity index (χ4n) is 2.98. The molecule has 3 rings (SSSR count). The number of hydrogen-bond donors (Lipinski definition) is 2. The zero-order valence-electron chi connectivity index (χ0n) is 12.6. The number of benzene rings is 1. The summed E-state index contributed by atoms with van der Waals surface area (Å²) in [4.78, 5) is 15.1. The minimum Gasteiger partial charge on any atom is -0.384 e. The highest BCUT2D eigenvalue weighted by Crippen LogP contribution is 2.27. The Balaban J connectivity index is 1.82. The summed E-state index contributed by atoms with van der Waals surface area (Å²) in [5.41, 5.74) is 2.72. The molecule has 2 N–H and O–H groups in total. The minimum atomic E-state index is -0.368. The van der Waals surface area contributed by atoms with Gasteiger partial charge in [-0.25, -0.2) is 0 Å². The van der Waals surface area contributed by atoms with Gasteiger partial charge in [0.05, 0.1) is 10.4 Å². The largest absolute Gasteiger partial charge is 0.384 e. The highest BCUT2D eigenvalue weighted by Gasteiger charge is 2.14. The first kappa shape index (κ1) is 14.7. The lowest BCUT2D eigenvalue weighted by Crippen LogP contribution is -2.13. The molecule has 0 aliphatic carbocycles. The monoisotopic (exact) mass is 300 g/mol. The van der Waals surface area contributed by atoms with E-state index in [1.165, 1.54) is 12.5 Å². The molecule has 6 heteroatoms. The van der Waals surface area contributed by atoms with Gasteiger partial charge < -0.3 is 10.6 Å². The van der Waals surface area contributed by atoms with Crippen LogP contribution in [0.3, 0.4) is 0 Å². The molecule has 1 aromatic heterocycles. The van der Waals surface area contributed by atoms with E-state index in [0.29, 0.717) is 0 Å². The van der Waals surface area contributed by atoms with Crippen molar-refractivity contribution in [2.24, 2.45) is 5.92 Å². The highest BCUT2D eigenvalue weighted by atomic mass is 16.6. The van der Waals surface area contributed by atoms with Crippen LogP contribution in [0.5, 0.6) is 0 Å². The van der Waals surface area contributed by atoms with Gasteiger partial charge in [0, 0.05) is 35.4 Å². The van der Waals surface area contributed by atoms with Gasteiger partial charge in [-0.05, 0) is 50.9 Å². The third kappa shape index (κ3) is 3.17. The van der Waals surface area contributed by atoms with Crippen LogP contribution in [-0.2, 0) is 0 Å². The van der Waals surface area contributed by atoms with Gasteiger partial charge in [0.15, 0.2) is 0 Å². The van der Waals surface area contributed by atoms with Gasteiger partial charge >= 0.3 is 0 Å². The van der Waals surface area contributed by atoms with Crippen LogP contribution in [-0.4, -0.2) is 29.5 Å². The predicted molar refractivity (Wildman–Crippen MR) is 87.2 cm³/mol. The molecule has 1 aromatic carbocycles. The lowest BCUT2D eigenvalue weighted by Gasteiger charge is -2.13. The van der Waals surface area contributed by atoms with E-state index < -0.39 is 0 Å². The first-order valence-corrected chi connectivity index (χ1v) is 7.64. The van der Waals surface area contributed by atoms with E-state index >= 15 is 0 Å². The molecule has 1 unspecified atom stereocenters. The van der Waals surface area contributed by atoms with Crippen LogP contribution in [0.15, 0.2) is 24.3 Å². The van der Waals surface area contributed by atoms with E-state index in [9.17, 15) is 10.1 Å². The maximum atomic E-state index is 11.0. The number of nitrogens with zero attached hydrogens (tertiary/aromatic N) is 2. The van der Waals surface area contributed by atoms with Crippen molar-refractivity contribution in [1.82, 2.24) is 10.3 Å². The SMILES string of the molecule is Cc1cc(NCCC2CCNC2)c2cc([N+](=O)[O-])ccc2n1. The van der Waals surface area contributed by atoms with Crippen LogP contribution in [0, 0.1) is 23.0 Å². The Kier molecular flexibility index (Phi) is 4.20. The van der Waals surface area contributed by atoms with Crippen LogP contribution >= 0.6 is 0 Å². The highest BCUT2D eigenvalue weighted by molar-refractivity contribution is 5.93. The molecule has 22 heavy (non-hydrogen) atoms. The van der Waals surface area contributed by atoms with Crippen molar-refractivity contribution in [3.8, 4) is 0 Å². The number of aromatic nitrogens is 1. The molecule has 1 saturated heterocycles. The molecule has 1 fully saturated rings. The number of nitro groups is 1. The molecule has 0 amide bonds. The third-order valence-electron chi connectivity index (χ3n) is 4.16. The van der Waals surface area contributed by atoms with E-state index in [0.717, 1.165) is 54.3 Å². The predicted octanol–water partition coefficient (Wildman–Crippen LogP) is 2.86. The molecule has 0 radical (unpaired) electrons. The van der Waals surface area contributed by atoms with Crippen molar-refractivity contribution in [1.29, 1.82) is 0 Å². The third-order valence-corrected chi connectivity index (χ3v) is 4.16. The van der Waals surface area contributed by atoms with Crippen molar-refractivity contribution >= 4 is 22.3 Å². The van der Waals surface area contributed by atoms with Gasteiger partial charge in [-0.3, -0.25) is 15.1 Å². The van der Waals surface area contributed by atoms with Gasteiger partial charge in [0.2, 0.25) is 0 Å². The number of pyridine rings is 1. The molecule has 0 saturated carbocycles. The lowest BCUT2D eigenvalue weighted by molar-refractivity contribution is -0.384. The fraction of sp³-hybridized carbons (Fsp3) is 0.438. The summed E-state index contributed by atoms with van der Waals surface area (Å²) in [6.45, 7) is 5.00. The maximum absolute atomic E-state index is 11.0. The summed E-state index contributed by atoms with van der Waals surface area (Å²) >= 11 is 0. The summed E-state index contributed by atoms with van der Waals surface area (Å²) < 4.78 is 0. The van der Waals surface area contributed by atoms with E-state index in [4.69, 9.17) is 0 Å². The summed E-state index contributed by atoms with van der Waals surface area (Å²) in [6.07, 6.45) is 2.33. The molecule has 6 nitrogen and oxygen atoms in total. The van der Waals surface area contributed by atoms with Gasteiger partial charge in [-0.15, -0.1) is 0 Å². The number of nitro benzene ring substituents is 1. The lowest BCUT2D eigenvalue weighted by atomic mass is 10.0. The van der Waals surface area contributed by atoms with Crippen molar-refractivity contribution in [3.05, 3.63) is 40.1 Å². The molecule has 116 valence electrons. The van der Waals surface area contributed by atoms with Crippen LogP contribution in [0.25, 0.3) is 10.9 Å². The number of nitrogens with one attached hydrogen (secondary N) is 2. The van der Waals surface area contributed by atoms with Gasteiger partial charge in [0.1, 0.15) is 0 Å². The van der Waals surface area contributed by atoms with Gasteiger partial charge in [0.25, 0.3) is 5.69 Å². The maximum Gasteiger partial charge on any atom is 0.270 e. The van der Waals surface area contributed by atoms with Crippen molar-refractivity contribution in [3.63, 3.8) is 0 Å². The number of non-ortho nitro benzene ring substituents is 1. The molecule has 1 atom stereocenters. The van der Waals surface area contributed by atoms with E-state index in [2.05, 4.69) is 15.6 Å². The number of aryl methyl sites for hydroxylation is 1. The first-order chi connectivity index (χ1) is 10.6. The Morgan fingerprint density at radius 2 is 2.32 bits per heavy atom. The van der Waals surface area contributed by atoms with Crippen molar-refractivity contribution < 1.29 is 4.92 Å². The van der Waals surface area contributed by atoms with Crippen molar-refractivity contribution in [2.45, 2.75) is 19.8 Å². The van der Waals surface area contributed by atoms with Crippen LogP contribution in [0.1, 0.15) is 18.5 Å². The van der Waals surface area contributed by atoms with Gasteiger partial charge in [-0.1, -0.05) is 0 Å². The fourth-order valence-corrected chi connectivity index (χ4v) is 2.98. The van der Waals surface area contributed by atoms with Gasteiger partial charge in [-0.2, -0.15) is 0 Å².